The van der Waals surface area contributed by atoms with Crippen LogP contribution < -0.4 is 5.56 Å². The summed E-state index contributed by atoms with van der Waals surface area (Å²) >= 11 is 17.6. The zero-order chi connectivity index (χ0) is 12.6. The van der Waals surface area contributed by atoms with Gasteiger partial charge in [-0.25, -0.2) is 0 Å². The molecule has 0 aliphatic rings. The van der Waals surface area contributed by atoms with Crippen molar-refractivity contribution in [2.75, 3.05) is 0 Å². The molecule has 0 saturated carbocycles. The van der Waals surface area contributed by atoms with Crippen molar-refractivity contribution in [2.45, 2.75) is 0 Å². The van der Waals surface area contributed by atoms with Crippen molar-refractivity contribution in [1.82, 2.24) is 4.98 Å². The average Bonchev–Trinajstić information content (AvgIpc) is 2.24. The first-order chi connectivity index (χ1) is 7.99. The molecule has 0 saturated heterocycles. The largest absolute Gasteiger partial charge is 0.299 e. The van der Waals surface area contributed by atoms with E-state index in [1.54, 1.807) is 6.07 Å². The molecule has 6 heteroatoms. The Morgan fingerprint density at radius 3 is 2.41 bits per heavy atom. The number of hydrogen-bond acceptors (Lipinski definition) is 1. The molecule has 0 bridgehead atoms. The quantitative estimate of drug-likeness (QED) is 0.622. The number of pyridine rings is 1. The summed E-state index contributed by atoms with van der Waals surface area (Å²) in [4.78, 5) is 13.2. The number of halogens is 4. The van der Waals surface area contributed by atoms with Gasteiger partial charge in [-0.15, -0.1) is 0 Å². The SMILES string of the molecule is O=c1cc(-c2ccc(Cl)c(Cl)c2Cl)cc(F)[nH]1. The lowest BCUT2D eigenvalue weighted by molar-refractivity contribution is 0.580. The van der Waals surface area contributed by atoms with E-state index in [2.05, 4.69) is 0 Å². The summed E-state index contributed by atoms with van der Waals surface area (Å²) in [6.45, 7) is 0. The van der Waals surface area contributed by atoms with Crippen molar-refractivity contribution in [3.05, 3.63) is 55.6 Å². The van der Waals surface area contributed by atoms with Crippen molar-refractivity contribution in [1.29, 1.82) is 0 Å². The van der Waals surface area contributed by atoms with E-state index in [0.717, 1.165) is 6.07 Å². The number of H-pyrrole nitrogens is 1. The molecule has 0 atom stereocenters. The highest BCUT2D eigenvalue weighted by molar-refractivity contribution is 6.49. The molecule has 0 radical (unpaired) electrons. The van der Waals surface area contributed by atoms with Crippen molar-refractivity contribution < 1.29 is 4.39 Å². The molecule has 2 rings (SSSR count). The highest BCUT2D eigenvalue weighted by atomic mass is 35.5. The summed E-state index contributed by atoms with van der Waals surface area (Å²) in [6, 6.07) is 5.50. The van der Waals surface area contributed by atoms with Crippen LogP contribution in [0.4, 0.5) is 4.39 Å². The van der Waals surface area contributed by atoms with E-state index in [-0.39, 0.29) is 10.0 Å². The summed E-state index contributed by atoms with van der Waals surface area (Å²) < 4.78 is 13.1. The van der Waals surface area contributed by atoms with Gasteiger partial charge < -0.3 is 0 Å². The minimum Gasteiger partial charge on any atom is -0.299 e. The van der Waals surface area contributed by atoms with Gasteiger partial charge in [0.15, 0.2) is 5.95 Å². The molecular weight excluding hydrogens is 287 g/mol. The van der Waals surface area contributed by atoms with Crippen LogP contribution in [0, 0.1) is 5.95 Å². The molecule has 0 spiro atoms. The lowest BCUT2D eigenvalue weighted by Crippen LogP contribution is -2.06. The molecule has 2 nitrogen and oxygen atoms in total. The molecule has 0 fully saturated rings. The van der Waals surface area contributed by atoms with Gasteiger partial charge in [0.25, 0.3) is 5.56 Å². The second-order valence-corrected chi connectivity index (χ2v) is 4.47. The van der Waals surface area contributed by atoms with Crippen LogP contribution in [0.5, 0.6) is 0 Å². The van der Waals surface area contributed by atoms with E-state index in [1.165, 1.54) is 12.1 Å². The Morgan fingerprint density at radius 1 is 1.06 bits per heavy atom. The van der Waals surface area contributed by atoms with Gasteiger partial charge in [-0.3, -0.25) is 9.78 Å². The smallest absolute Gasteiger partial charge is 0.250 e. The molecular formula is C11H5Cl3FNO. The standard InChI is InChI=1S/C11H5Cl3FNO/c12-7-2-1-6(10(13)11(7)14)5-3-8(15)16-9(17)4-5/h1-4H,(H,16,17). The highest BCUT2D eigenvalue weighted by Crippen LogP contribution is 2.37. The summed E-state index contributed by atoms with van der Waals surface area (Å²) in [6.07, 6.45) is 0. The fourth-order valence-corrected chi connectivity index (χ4v) is 2.06. The van der Waals surface area contributed by atoms with Gasteiger partial charge in [0.05, 0.1) is 15.1 Å². The number of rotatable bonds is 1. The lowest BCUT2D eigenvalue weighted by Gasteiger charge is -2.07. The maximum absolute atomic E-state index is 13.1. The summed E-state index contributed by atoms with van der Waals surface area (Å²) in [5.74, 6) is -0.741. The van der Waals surface area contributed by atoms with Crippen LogP contribution in [0.3, 0.4) is 0 Å². The Morgan fingerprint density at radius 2 is 1.76 bits per heavy atom. The molecule has 0 aliphatic carbocycles. The third kappa shape index (κ3) is 2.46. The first-order valence-corrected chi connectivity index (χ1v) is 5.66. The Kier molecular flexibility index (Phi) is 3.43. The predicted octanol–water partition coefficient (Wildman–Crippen LogP) is 4.14. The number of hydrogen-bond donors (Lipinski definition) is 1. The molecule has 0 aliphatic heterocycles. The molecule has 17 heavy (non-hydrogen) atoms. The molecule has 1 heterocycles. The average molecular weight is 293 g/mol. The number of aromatic amines is 1. The van der Waals surface area contributed by atoms with Gasteiger partial charge in [0, 0.05) is 11.6 Å². The molecule has 0 amide bonds. The first-order valence-electron chi connectivity index (χ1n) is 4.53. The van der Waals surface area contributed by atoms with Crippen molar-refractivity contribution >= 4 is 34.8 Å². The minimum absolute atomic E-state index is 0.173. The van der Waals surface area contributed by atoms with Crippen molar-refractivity contribution in [3.63, 3.8) is 0 Å². The van der Waals surface area contributed by atoms with Gasteiger partial charge >= 0.3 is 0 Å². The number of benzene rings is 1. The normalized spacial score (nSPS) is 10.6. The van der Waals surface area contributed by atoms with Crippen LogP contribution in [0.15, 0.2) is 29.1 Å². The zero-order valence-electron chi connectivity index (χ0n) is 8.23. The molecule has 1 N–H and O–H groups in total. The molecule has 1 aromatic heterocycles. The fourth-order valence-electron chi connectivity index (χ4n) is 1.41. The van der Waals surface area contributed by atoms with Gasteiger partial charge in [-0.1, -0.05) is 40.9 Å². The van der Waals surface area contributed by atoms with Crippen LogP contribution in [0.2, 0.25) is 15.1 Å². The van der Waals surface area contributed by atoms with Crippen LogP contribution in [0.1, 0.15) is 0 Å². The molecule has 88 valence electrons. The second kappa shape index (κ2) is 4.69. The van der Waals surface area contributed by atoms with Gasteiger partial charge in [-0.2, -0.15) is 4.39 Å². The van der Waals surface area contributed by atoms with Crippen molar-refractivity contribution in [2.24, 2.45) is 0 Å². The fraction of sp³-hybridized carbons (Fsp3) is 0. The predicted molar refractivity (Wildman–Crippen MR) is 67.5 cm³/mol. The van der Waals surface area contributed by atoms with E-state index < -0.39 is 11.5 Å². The van der Waals surface area contributed by atoms with Crippen molar-refractivity contribution in [3.8, 4) is 11.1 Å². The molecule has 2 aromatic rings. The monoisotopic (exact) mass is 291 g/mol. The number of aromatic nitrogens is 1. The Labute approximate surface area is 111 Å². The third-order valence-electron chi connectivity index (χ3n) is 2.16. The maximum atomic E-state index is 13.1. The van der Waals surface area contributed by atoms with Gasteiger partial charge in [0.2, 0.25) is 0 Å². The van der Waals surface area contributed by atoms with Crippen LogP contribution >= 0.6 is 34.8 Å². The van der Waals surface area contributed by atoms with E-state index in [1.807, 2.05) is 4.98 Å². The van der Waals surface area contributed by atoms with Crippen LogP contribution in [0.25, 0.3) is 11.1 Å². The van der Waals surface area contributed by atoms with Gasteiger partial charge in [0.1, 0.15) is 0 Å². The molecule has 0 unspecified atom stereocenters. The minimum atomic E-state index is -0.741. The Balaban J connectivity index is 2.69. The van der Waals surface area contributed by atoms with E-state index >= 15 is 0 Å². The number of nitrogens with one attached hydrogen (secondary N) is 1. The lowest BCUT2D eigenvalue weighted by atomic mass is 10.1. The maximum Gasteiger partial charge on any atom is 0.250 e. The van der Waals surface area contributed by atoms with Gasteiger partial charge in [-0.05, 0) is 17.7 Å². The summed E-state index contributed by atoms with van der Waals surface area (Å²) in [5, 5.41) is 0.654. The highest BCUT2D eigenvalue weighted by Gasteiger charge is 2.11. The van der Waals surface area contributed by atoms with Crippen LogP contribution in [-0.4, -0.2) is 4.98 Å². The van der Waals surface area contributed by atoms with Crippen LogP contribution in [-0.2, 0) is 0 Å². The van der Waals surface area contributed by atoms with E-state index in [4.69, 9.17) is 34.8 Å². The Hall–Kier alpha value is -1.03. The topological polar surface area (TPSA) is 32.9 Å². The second-order valence-electron chi connectivity index (χ2n) is 3.30. The first kappa shape index (κ1) is 12.4. The summed E-state index contributed by atoms with van der Waals surface area (Å²) in [5.41, 5.74) is 0.239. The third-order valence-corrected chi connectivity index (χ3v) is 3.45. The zero-order valence-corrected chi connectivity index (χ0v) is 10.5. The van der Waals surface area contributed by atoms with E-state index in [0.29, 0.717) is 16.1 Å². The van der Waals surface area contributed by atoms with E-state index in [9.17, 15) is 9.18 Å². The summed E-state index contributed by atoms with van der Waals surface area (Å²) in [7, 11) is 0. The Bertz CT molecular complexity index is 639. The molecule has 1 aromatic carbocycles.